The smallest absolute Gasteiger partial charge is 0.255 e. The Balaban J connectivity index is 2.34. The molecule has 1 amide bonds. The minimum Gasteiger partial charge on any atom is -0.339 e. The third-order valence-electron chi connectivity index (χ3n) is 3.43. The van der Waals surface area contributed by atoms with E-state index in [1.54, 1.807) is 11.0 Å². The molecule has 1 saturated carbocycles. The van der Waals surface area contributed by atoms with Crippen molar-refractivity contribution in [3.8, 4) is 0 Å². The lowest BCUT2D eigenvalue weighted by Crippen LogP contribution is -2.31. The first-order valence-corrected chi connectivity index (χ1v) is 9.27. The molecule has 1 N–H and O–H groups in total. The summed E-state index contributed by atoms with van der Waals surface area (Å²) in [6.07, 6.45) is 1.75. The highest BCUT2D eigenvalue weighted by Crippen LogP contribution is 2.25. The third kappa shape index (κ3) is 3.84. The van der Waals surface area contributed by atoms with E-state index in [1.165, 1.54) is 12.1 Å². The number of hydrogen-bond donors (Lipinski definition) is 1. The molecule has 0 aromatic heterocycles. The summed E-state index contributed by atoms with van der Waals surface area (Å²) in [5.74, 6) is -0.171. The van der Waals surface area contributed by atoms with Gasteiger partial charge in [0, 0.05) is 23.6 Å². The van der Waals surface area contributed by atoms with Crippen LogP contribution in [-0.2, 0) is 10.0 Å². The average Bonchev–Trinajstić information content (AvgIpc) is 3.23. The molecular weight excluding hydrogens is 356 g/mol. The Hall–Kier alpha value is -0.920. The van der Waals surface area contributed by atoms with E-state index in [1.807, 2.05) is 13.8 Å². The van der Waals surface area contributed by atoms with Gasteiger partial charge in [-0.25, -0.2) is 13.1 Å². The fourth-order valence-corrected chi connectivity index (χ4v) is 3.75. The topological polar surface area (TPSA) is 66.5 Å². The van der Waals surface area contributed by atoms with Gasteiger partial charge in [-0.3, -0.25) is 4.79 Å². The van der Waals surface area contributed by atoms with Gasteiger partial charge in [0.25, 0.3) is 5.91 Å². The van der Waals surface area contributed by atoms with Crippen LogP contribution in [0.15, 0.2) is 27.6 Å². The normalized spacial score (nSPS) is 15.0. The fraction of sp³-hybridized carbons (Fsp3) is 0.500. The number of hydrogen-bond acceptors (Lipinski definition) is 3. The molecule has 0 bridgehead atoms. The molecule has 1 aliphatic rings. The van der Waals surface area contributed by atoms with Gasteiger partial charge in [-0.15, -0.1) is 0 Å². The largest absolute Gasteiger partial charge is 0.339 e. The van der Waals surface area contributed by atoms with Crippen LogP contribution in [0.2, 0.25) is 0 Å². The van der Waals surface area contributed by atoms with E-state index < -0.39 is 10.0 Å². The van der Waals surface area contributed by atoms with Gasteiger partial charge in [-0.2, -0.15) is 0 Å². The van der Waals surface area contributed by atoms with Crippen molar-refractivity contribution in [1.82, 2.24) is 9.62 Å². The number of sulfonamides is 1. The number of carbonyl (C=O) groups excluding carboxylic acids is 1. The van der Waals surface area contributed by atoms with Crippen molar-refractivity contribution in [2.24, 2.45) is 0 Å². The Morgan fingerprint density at radius 1 is 1.33 bits per heavy atom. The van der Waals surface area contributed by atoms with E-state index in [4.69, 9.17) is 0 Å². The summed E-state index contributed by atoms with van der Waals surface area (Å²) < 4.78 is 27.7. The average molecular weight is 375 g/mol. The predicted molar refractivity (Wildman–Crippen MR) is 84.7 cm³/mol. The molecule has 1 aromatic rings. The van der Waals surface area contributed by atoms with Gasteiger partial charge in [-0.1, -0.05) is 0 Å². The number of amides is 1. The van der Waals surface area contributed by atoms with Crippen LogP contribution < -0.4 is 4.72 Å². The minimum atomic E-state index is -3.55. The lowest BCUT2D eigenvalue weighted by atomic mass is 10.2. The van der Waals surface area contributed by atoms with E-state index in [2.05, 4.69) is 20.7 Å². The van der Waals surface area contributed by atoms with E-state index >= 15 is 0 Å². The second-order valence-electron chi connectivity index (χ2n) is 5.01. The van der Waals surface area contributed by atoms with Crippen LogP contribution in [0, 0.1) is 0 Å². The standard InChI is InChI=1S/C14H19BrN2O3S/c1-3-17(4-2)14(18)12-9-11(7-8-13(12)15)21(19,20)16-10-5-6-10/h7-10,16H,3-6H2,1-2H3. The maximum Gasteiger partial charge on any atom is 0.255 e. The van der Waals surface area contributed by atoms with Crippen molar-refractivity contribution in [3.63, 3.8) is 0 Å². The van der Waals surface area contributed by atoms with Crippen LogP contribution in [0.5, 0.6) is 0 Å². The molecule has 1 aromatic carbocycles. The van der Waals surface area contributed by atoms with Gasteiger partial charge in [0.2, 0.25) is 10.0 Å². The first kappa shape index (κ1) is 16.5. The summed E-state index contributed by atoms with van der Waals surface area (Å²) in [7, 11) is -3.55. The van der Waals surface area contributed by atoms with Crippen LogP contribution in [0.1, 0.15) is 37.0 Å². The molecule has 0 aliphatic heterocycles. The Morgan fingerprint density at radius 2 is 1.95 bits per heavy atom. The van der Waals surface area contributed by atoms with E-state index in [9.17, 15) is 13.2 Å². The van der Waals surface area contributed by atoms with Gasteiger partial charge >= 0.3 is 0 Å². The number of nitrogens with zero attached hydrogens (tertiary/aromatic N) is 1. The van der Waals surface area contributed by atoms with E-state index in [0.717, 1.165) is 12.8 Å². The number of benzene rings is 1. The number of rotatable bonds is 6. The summed E-state index contributed by atoms with van der Waals surface area (Å²) in [6, 6.07) is 4.60. The highest BCUT2D eigenvalue weighted by Gasteiger charge is 2.29. The summed E-state index contributed by atoms with van der Waals surface area (Å²) in [6.45, 7) is 4.95. The maximum absolute atomic E-state index is 12.4. The van der Waals surface area contributed by atoms with Crippen LogP contribution in [0.25, 0.3) is 0 Å². The van der Waals surface area contributed by atoms with Crippen molar-refractivity contribution in [2.45, 2.75) is 37.6 Å². The van der Waals surface area contributed by atoms with Crippen molar-refractivity contribution in [3.05, 3.63) is 28.2 Å². The lowest BCUT2D eigenvalue weighted by molar-refractivity contribution is 0.0772. The van der Waals surface area contributed by atoms with Gasteiger partial charge in [0.1, 0.15) is 0 Å². The summed E-state index contributed by atoms with van der Waals surface area (Å²) in [4.78, 5) is 14.2. The monoisotopic (exact) mass is 374 g/mol. The van der Waals surface area contributed by atoms with E-state index in [-0.39, 0.29) is 16.8 Å². The van der Waals surface area contributed by atoms with E-state index in [0.29, 0.717) is 23.1 Å². The second-order valence-corrected chi connectivity index (χ2v) is 7.58. The Morgan fingerprint density at radius 3 is 2.48 bits per heavy atom. The second kappa shape index (κ2) is 6.46. The lowest BCUT2D eigenvalue weighted by Gasteiger charge is -2.19. The first-order chi connectivity index (χ1) is 9.89. The molecule has 116 valence electrons. The van der Waals surface area contributed by atoms with Crippen LogP contribution in [0.3, 0.4) is 0 Å². The zero-order valence-electron chi connectivity index (χ0n) is 12.1. The van der Waals surface area contributed by atoms with Crippen LogP contribution >= 0.6 is 15.9 Å². The fourth-order valence-electron chi connectivity index (χ4n) is 2.01. The molecule has 1 fully saturated rings. The van der Waals surface area contributed by atoms with Gasteiger partial charge < -0.3 is 4.90 Å². The van der Waals surface area contributed by atoms with Crippen molar-refractivity contribution >= 4 is 31.9 Å². The number of nitrogens with one attached hydrogen (secondary N) is 1. The highest BCUT2D eigenvalue weighted by molar-refractivity contribution is 9.10. The van der Waals surface area contributed by atoms with Gasteiger partial charge in [0.05, 0.1) is 10.5 Å². The number of carbonyl (C=O) groups is 1. The van der Waals surface area contributed by atoms with Gasteiger partial charge in [0.15, 0.2) is 0 Å². The third-order valence-corrected chi connectivity index (χ3v) is 5.64. The summed E-state index contributed by atoms with van der Waals surface area (Å²) in [5, 5.41) is 0. The molecule has 7 heteroatoms. The molecular formula is C14H19BrN2O3S. The van der Waals surface area contributed by atoms with Crippen molar-refractivity contribution in [2.75, 3.05) is 13.1 Å². The molecule has 0 spiro atoms. The minimum absolute atomic E-state index is 0.0422. The Bertz CT molecular complexity index is 638. The highest BCUT2D eigenvalue weighted by atomic mass is 79.9. The molecule has 5 nitrogen and oxygen atoms in total. The molecule has 2 rings (SSSR count). The molecule has 21 heavy (non-hydrogen) atoms. The zero-order chi connectivity index (χ0) is 15.6. The molecule has 0 saturated heterocycles. The predicted octanol–water partition coefficient (Wildman–Crippen LogP) is 2.37. The quantitative estimate of drug-likeness (QED) is 0.830. The molecule has 1 aliphatic carbocycles. The van der Waals surface area contributed by atoms with Crippen LogP contribution in [-0.4, -0.2) is 38.4 Å². The Labute approximate surface area is 133 Å². The van der Waals surface area contributed by atoms with Crippen LogP contribution in [0.4, 0.5) is 0 Å². The number of halogens is 1. The SMILES string of the molecule is CCN(CC)C(=O)c1cc(S(=O)(=O)NC2CC2)ccc1Br. The van der Waals surface area contributed by atoms with Gasteiger partial charge in [-0.05, 0) is 60.8 Å². The zero-order valence-corrected chi connectivity index (χ0v) is 14.5. The molecule has 0 unspecified atom stereocenters. The van der Waals surface area contributed by atoms with Crippen molar-refractivity contribution < 1.29 is 13.2 Å². The first-order valence-electron chi connectivity index (χ1n) is 7.00. The molecule has 0 heterocycles. The Kier molecular flexibility index (Phi) is 5.06. The van der Waals surface area contributed by atoms with Crippen molar-refractivity contribution in [1.29, 1.82) is 0 Å². The summed E-state index contributed by atoms with van der Waals surface area (Å²) >= 11 is 3.32. The maximum atomic E-state index is 12.4. The molecule has 0 radical (unpaired) electrons. The molecule has 0 atom stereocenters. The summed E-state index contributed by atoms with van der Waals surface area (Å²) in [5.41, 5.74) is 0.373.